The first kappa shape index (κ1) is 14.8. The first-order valence-corrected chi connectivity index (χ1v) is 7.80. The molecule has 0 aromatic rings. The molecule has 0 aromatic heterocycles. The lowest BCUT2D eigenvalue weighted by Crippen LogP contribution is -2.51. The number of carboxylic acid groups (broad SMARTS) is 1. The first-order chi connectivity index (χ1) is 9.13. The smallest absolute Gasteiger partial charge is 0.303 e. The molecule has 4 nitrogen and oxygen atoms in total. The zero-order valence-corrected chi connectivity index (χ0v) is 12.1. The molecule has 2 atom stereocenters. The number of rotatable bonds is 5. The zero-order chi connectivity index (χ0) is 13.7. The summed E-state index contributed by atoms with van der Waals surface area (Å²) in [7, 11) is 2.16. The SMILES string of the molecule is CN1CC(CCC(=O)O)CC(NC2CCCCC2)C1. The van der Waals surface area contributed by atoms with Crippen LogP contribution in [-0.4, -0.2) is 48.2 Å². The first-order valence-electron chi connectivity index (χ1n) is 7.80. The summed E-state index contributed by atoms with van der Waals surface area (Å²) >= 11 is 0. The van der Waals surface area contributed by atoms with Gasteiger partial charge in [0.15, 0.2) is 0 Å². The second kappa shape index (κ2) is 7.25. The second-order valence-corrected chi connectivity index (χ2v) is 6.45. The summed E-state index contributed by atoms with van der Waals surface area (Å²) in [6, 6.07) is 1.26. The summed E-state index contributed by atoms with van der Waals surface area (Å²) in [5.74, 6) is -0.124. The summed E-state index contributed by atoms with van der Waals surface area (Å²) in [4.78, 5) is 13.1. The van der Waals surface area contributed by atoms with Gasteiger partial charge in [0.2, 0.25) is 0 Å². The van der Waals surface area contributed by atoms with Crippen molar-refractivity contribution in [3.63, 3.8) is 0 Å². The van der Waals surface area contributed by atoms with Crippen molar-refractivity contribution in [2.75, 3.05) is 20.1 Å². The van der Waals surface area contributed by atoms with Crippen molar-refractivity contribution < 1.29 is 9.90 Å². The molecule has 1 heterocycles. The highest BCUT2D eigenvalue weighted by Crippen LogP contribution is 2.23. The van der Waals surface area contributed by atoms with Crippen LogP contribution in [0.4, 0.5) is 0 Å². The van der Waals surface area contributed by atoms with E-state index in [0.717, 1.165) is 25.9 Å². The van der Waals surface area contributed by atoms with Gasteiger partial charge in [0.05, 0.1) is 0 Å². The Morgan fingerprint density at radius 3 is 2.63 bits per heavy atom. The van der Waals surface area contributed by atoms with Crippen LogP contribution < -0.4 is 5.32 Å². The number of carbonyl (C=O) groups is 1. The molecule has 1 aliphatic carbocycles. The van der Waals surface area contributed by atoms with Gasteiger partial charge in [-0.1, -0.05) is 19.3 Å². The minimum absolute atomic E-state index is 0.314. The molecule has 1 saturated heterocycles. The van der Waals surface area contributed by atoms with Crippen molar-refractivity contribution in [2.45, 2.75) is 63.5 Å². The summed E-state index contributed by atoms with van der Waals surface area (Å²) in [5.41, 5.74) is 0. The van der Waals surface area contributed by atoms with E-state index in [1.54, 1.807) is 0 Å². The van der Waals surface area contributed by atoms with Gasteiger partial charge in [-0.25, -0.2) is 0 Å². The number of aliphatic carboxylic acids is 1. The topological polar surface area (TPSA) is 52.6 Å². The van der Waals surface area contributed by atoms with E-state index < -0.39 is 5.97 Å². The number of likely N-dealkylation sites (N-methyl/N-ethyl adjacent to an activating group) is 1. The fraction of sp³-hybridized carbons (Fsp3) is 0.933. The molecule has 0 spiro atoms. The van der Waals surface area contributed by atoms with E-state index in [4.69, 9.17) is 5.11 Å². The van der Waals surface area contributed by atoms with Crippen molar-refractivity contribution in [3.8, 4) is 0 Å². The molecule has 4 heteroatoms. The van der Waals surface area contributed by atoms with Crippen LogP contribution in [0.25, 0.3) is 0 Å². The average Bonchev–Trinajstić information content (AvgIpc) is 2.37. The van der Waals surface area contributed by atoms with Gasteiger partial charge in [0.1, 0.15) is 0 Å². The number of carboxylic acids is 1. The lowest BCUT2D eigenvalue weighted by molar-refractivity contribution is -0.137. The van der Waals surface area contributed by atoms with Crippen LogP contribution in [0.2, 0.25) is 0 Å². The zero-order valence-electron chi connectivity index (χ0n) is 12.1. The molecule has 1 aliphatic heterocycles. The monoisotopic (exact) mass is 268 g/mol. The molecule has 19 heavy (non-hydrogen) atoms. The number of piperidine rings is 1. The largest absolute Gasteiger partial charge is 0.481 e. The standard InChI is InChI=1S/C15H28N2O2/c1-17-10-12(7-8-15(18)19)9-14(11-17)16-13-5-3-2-4-6-13/h12-14,16H,2-11H2,1H3,(H,18,19). The maximum atomic E-state index is 10.7. The fourth-order valence-electron chi connectivity index (χ4n) is 3.70. The van der Waals surface area contributed by atoms with E-state index in [0.29, 0.717) is 24.4 Å². The van der Waals surface area contributed by atoms with Gasteiger partial charge in [0, 0.05) is 31.6 Å². The Hall–Kier alpha value is -0.610. The molecule has 2 unspecified atom stereocenters. The fourth-order valence-corrected chi connectivity index (χ4v) is 3.70. The average molecular weight is 268 g/mol. The number of hydrogen-bond donors (Lipinski definition) is 2. The Morgan fingerprint density at radius 1 is 1.21 bits per heavy atom. The number of hydrogen-bond acceptors (Lipinski definition) is 3. The van der Waals surface area contributed by atoms with Crippen molar-refractivity contribution in [1.82, 2.24) is 10.2 Å². The van der Waals surface area contributed by atoms with E-state index in [2.05, 4.69) is 17.3 Å². The van der Waals surface area contributed by atoms with E-state index >= 15 is 0 Å². The quantitative estimate of drug-likeness (QED) is 0.801. The third kappa shape index (κ3) is 5.11. The lowest BCUT2D eigenvalue weighted by Gasteiger charge is -2.38. The van der Waals surface area contributed by atoms with Crippen LogP contribution in [0, 0.1) is 5.92 Å². The normalized spacial score (nSPS) is 30.4. The minimum Gasteiger partial charge on any atom is -0.481 e. The predicted molar refractivity (Wildman–Crippen MR) is 76.3 cm³/mol. The molecule has 0 aromatic carbocycles. The van der Waals surface area contributed by atoms with Crippen LogP contribution in [0.3, 0.4) is 0 Å². The Balaban J connectivity index is 1.77. The van der Waals surface area contributed by atoms with E-state index in [-0.39, 0.29) is 0 Å². The molecule has 2 fully saturated rings. The summed E-state index contributed by atoms with van der Waals surface area (Å²) < 4.78 is 0. The number of nitrogens with zero attached hydrogens (tertiary/aromatic N) is 1. The van der Waals surface area contributed by atoms with Gasteiger partial charge in [-0.3, -0.25) is 4.79 Å². The van der Waals surface area contributed by atoms with Gasteiger partial charge in [0.25, 0.3) is 0 Å². The van der Waals surface area contributed by atoms with Gasteiger partial charge in [-0.2, -0.15) is 0 Å². The van der Waals surface area contributed by atoms with Crippen LogP contribution in [0.1, 0.15) is 51.4 Å². The Morgan fingerprint density at radius 2 is 1.95 bits per heavy atom. The third-order valence-corrected chi connectivity index (χ3v) is 4.56. The molecule has 110 valence electrons. The molecular weight excluding hydrogens is 240 g/mol. The van der Waals surface area contributed by atoms with Crippen LogP contribution >= 0.6 is 0 Å². The summed E-state index contributed by atoms with van der Waals surface area (Å²) in [5, 5.41) is 12.6. The summed E-state index contributed by atoms with van der Waals surface area (Å²) in [6.07, 6.45) is 9.04. The molecular formula is C15H28N2O2. The molecule has 2 aliphatic rings. The molecule has 2 N–H and O–H groups in total. The Bertz CT molecular complexity index is 290. The van der Waals surface area contributed by atoms with Crippen molar-refractivity contribution in [3.05, 3.63) is 0 Å². The van der Waals surface area contributed by atoms with Gasteiger partial charge in [-0.05, 0) is 38.6 Å². The minimum atomic E-state index is -0.662. The molecule has 1 saturated carbocycles. The van der Waals surface area contributed by atoms with Crippen LogP contribution in [0.5, 0.6) is 0 Å². The molecule has 0 radical (unpaired) electrons. The highest BCUT2D eigenvalue weighted by Gasteiger charge is 2.27. The molecule has 0 bridgehead atoms. The maximum Gasteiger partial charge on any atom is 0.303 e. The maximum absolute atomic E-state index is 10.7. The Labute approximate surface area is 116 Å². The van der Waals surface area contributed by atoms with Gasteiger partial charge in [-0.15, -0.1) is 0 Å². The van der Waals surface area contributed by atoms with Crippen molar-refractivity contribution in [2.24, 2.45) is 5.92 Å². The van der Waals surface area contributed by atoms with Crippen molar-refractivity contribution in [1.29, 1.82) is 0 Å². The number of likely N-dealkylation sites (tertiary alicyclic amines) is 1. The summed E-state index contributed by atoms with van der Waals surface area (Å²) in [6.45, 7) is 2.16. The molecule has 0 amide bonds. The predicted octanol–water partition coefficient (Wildman–Crippen LogP) is 2.09. The van der Waals surface area contributed by atoms with Crippen LogP contribution in [-0.2, 0) is 4.79 Å². The van der Waals surface area contributed by atoms with E-state index in [1.807, 2.05) is 0 Å². The van der Waals surface area contributed by atoms with Gasteiger partial charge >= 0.3 is 5.97 Å². The van der Waals surface area contributed by atoms with E-state index in [1.165, 1.54) is 32.1 Å². The van der Waals surface area contributed by atoms with Crippen molar-refractivity contribution >= 4 is 5.97 Å². The highest BCUT2D eigenvalue weighted by molar-refractivity contribution is 5.66. The second-order valence-electron chi connectivity index (χ2n) is 6.45. The van der Waals surface area contributed by atoms with Crippen LogP contribution in [0.15, 0.2) is 0 Å². The lowest BCUT2D eigenvalue weighted by atomic mass is 9.88. The number of nitrogens with one attached hydrogen (secondary N) is 1. The highest BCUT2D eigenvalue weighted by atomic mass is 16.4. The third-order valence-electron chi connectivity index (χ3n) is 4.56. The molecule has 2 rings (SSSR count). The van der Waals surface area contributed by atoms with E-state index in [9.17, 15) is 4.79 Å². The van der Waals surface area contributed by atoms with Gasteiger partial charge < -0.3 is 15.3 Å². The Kier molecular flexibility index (Phi) is 5.64.